The number of hydrogen-bond donors (Lipinski definition) is 2. The molecule has 2 rings (SSSR count). The van der Waals surface area contributed by atoms with Crippen molar-refractivity contribution in [2.24, 2.45) is 5.73 Å². The lowest BCUT2D eigenvalue weighted by molar-refractivity contribution is -0.135. The van der Waals surface area contributed by atoms with E-state index in [1.807, 2.05) is 11.0 Å². The average molecular weight is 303 g/mol. The lowest BCUT2D eigenvalue weighted by atomic mass is 9.98. The van der Waals surface area contributed by atoms with Crippen LogP contribution in [0.3, 0.4) is 0 Å². The van der Waals surface area contributed by atoms with Crippen molar-refractivity contribution in [2.45, 2.75) is 51.6 Å². The number of amides is 3. The molecule has 22 heavy (non-hydrogen) atoms. The van der Waals surface area contributed by atoms with Crippen molar-refractivity contribution >= 4 is 11.9 Å². The molecule has 3 amide bonds. The summed E-state index contributed by atoms with van der Waals surface area (Å²) in [6.45, 7) is 4.47. The van der Waals surface area contributed by atoms with Crippen LogP contribution in [0.25, 0.3) is 0 Å². The van der Waals surface area contributed by atoms with Crippen LogP contribution in [0.15, 0.2) is 24.3 Å². The Morgan fingerprint density at radius 1 is 1.32 bits per heavy atom. The standard InChI is InChI=1S/C17H25N3O2/c1-12-7-6-8-14(11-12)15-9-4-3-5-10-20(15)16(21)13(2)19-17(18)22/h6-8,11,13,15H,3-5,9-10H2,1-2H3,(H3,18,19,22)/t13-,15-/m0/s1. The molecule has 0 aliphatic carbocycles. The van der Waals surface area contributed by atoms with Crippen LogP contribution >= 0.6 is 0 Å². The SMILES string of the molecule is Cc1cccc([C@@H]2CCCCCN2C(=O)[C@H](C)NC(N)=O)c1. The van der Waals surface area contributed by atoms with E-state index in [1.54, 1.807) is 6.92 Å². The predicted octanol–water partition coefficient (Wildman–Crippen LogP) is 2.50. The molecule has 1 aromatic carbocycles. The minimum Gasteiger partial charge on any atom is -0.352 e. The first kappa shape index (κ1) is 16.3. The molecule has 120 valence electrons. The molecule has 0 aromatic heterocycles. The smallest absolute Gasteiger partial charge is 0.312 e. The first-order valence-electron chi connectivity index (χ1n) is 7.92. The van der Waals surface area contributed by atoms with Gasteiger partial charge < -0.3 is 16.0 Å². The van der Waals surface area contributed by atoms with Crippen LogP contribution in [-0.4, -0.2) is 29.4 Å². The average Bonchev–Trinajstić information content (AvgIpc) is 2.71. The third kappa shape index (κ3) is 4.00. The summed E-state index contributed by atoms with van der Waals surface area (Å²) in [5.74, 6) is -0.0628. The van der Waals surface area contributed by atoms with Gasteiger partial charge in [-0.05, 0) is 32.3 Å². The maximum Gasteiger partial charge on any atom is 0.312 e. The summed E-state index contributed by atoms with van der Waals surface area (Å²) in [6, 6.07) is 7.13. The summed E-state index contributed by atoms with van der Waals surface area (Å²) in [6.07, 6.45) is 4.19. The number of aryl methyl sites for hydroxylation is 1. The minimum absolute atomic E-state index is 0.0628. The molecule has 1 heterocycles. The van der Waals surface area contributed by atoms with Crippen molar-refractivity contribution in [3.05, 3.63) is 35.4 Å². The molecule has 0 bridgehead atoms. The molecule has 1 aromatic rings. The molecule has 0 spiro atoms. The lowest BCUT2D eigenvalue weighted by Crippen LogP contribution is -2.49. The fourth-order valence-electron chi connectivity index (χ4n) is 3.12. The first-order chi connectivity index (χ1) is 10.5. The van der Waals surface area contributed by atoms with Gasteiger partial charge in [-0.15, -0.1) is 0 Å². The highest BCUT2D eigenvalue weighted by atomic mass is 16.2. The third-order valence-corrected chi connectivity index (χ3v) is 4.19. The van der Waals surface area contributed by atoms with Crippen molar-refractivity contribution in [3.63, 3.8) is 0 Å². The zero-order valence-corrected chi connectivity index (χ0v) is 13.3. The van der Waals surface area contributed by atoms with Crippen LogP contribution in [0.2, 0.25) is 0 Å². The second kappa shape index (κ2) is 7.29. The number of primary amides is 1. The molecular weight excluding hydrogens is 278 g/mol. The summed E-state index contributed by atoms with van der Waals surface area (Å²) in [7, 11) is 0. The molecule has 0 radical (unpaired) electrons. The Hall–Kier alpha value is -2.04. The number of likely N-dealkylation sites (tertiary alicyclic amines) is 1. The summed E-state index contributed by atoms with van der Waals surface area (Å²) >= 11 is 0. The van der Waals surface area contributed by atoms with E-state index < -0.39 is 12.1 Å². The molecule has 1 aliphatic rings. The zero-order valence-electron chi connectivity index (χ0n) is 13.3. The highest BCUT2D eigenvalue weighted by Gasteiger charge is 2.30. The second-order valence-electron chi connectivity index (χ2n) is 6.04. The van der Waals surface area contributed by atoms with E-state index in [4.69, 9.17) is 5.73 Å². The highest BCUT2D eigenvalue weighted by Crippen LogP contribution is 2.31. The first-order valence-corrected chi connectivity index (χ1v) is 7.92. The summed E-state index contributed by atoms with van der Waals surface area (Å²) in [4.78, 5) is 25.6. The molecule has 5 heteroatoms. The number of carbonyl (C=O) groups is 2. The van der Waals surface area contributed by atoms with E-state index in [0.29, 0.717) is 0 Å². The van der Waals surface area contributed by atoms with E-state index in [1.165, 1.54) is 11.1 Å². The zero-order chi connectivity index (χ0) is 16.1. The second-order valence-corrected chi connectivity index (χ2v) is 6.04. The van der Waals surface area contributed by atoms with Gasteiger partial charge in [0.15, 0.2) is 0 Å². The van der Waals surface area contributed by atoms with Gasteiger partial charge in [0, 0.05) is 6.54 Å². The Morgan fingerprint density at radius 2 is 2.09 bits per heavy atom. The number of nitrogens with two attached hydrogens (primary N) is 1. The van der Waals surface area contributed by atoms with E-state index >= 15 is 0 Å². The number of nitrogens with zero attached hydrogens (tertiary/aromatic N) is 1. The van der Waals surface area contributed by atoms with Crippen LogP contribution in [0.4, 0.5) is 4.79 Å². The summed E-state index contributed by atoms with van der Waals surface area (Å²) in [5, 5.41) is 2.49. The lowest BCUT2D eigenvalue weighted by Gasteiger charge is -2.32. The molecule has 0 unspecified atom stereocenters. The van der Waals surface area contributed by atoms with Gasteiger partial charge in [-0.2, -0.15) is 0 Å². The molecule has 2 atom stereocenters. The molecule has 1 aliphatic heterocycles. The van der Waals surface area contributed by atoms with Crippen molar-refractivity contribution in [2.75, 3.05) is 6.54 Å². The van der Waals surface area contributed by atoms with Crippen LogP contribution < -0.4 is 11.1 Å². The van der Waals surface area contributed by atoms with Crippen LogP contribution in [-0.2, 0) is 4.79 Å². The monoisotopic (exact) mass is 303 g/mol. The van der Waals surface area contributed by atoms with Gasteiger partial charge in [0.05, 0.1) is 6.04 Å². The predicted molar refractivity (Wildman–Crippen MR) is 86.3 cm³/mol. The van der Waals surface area contributed by atoms with Gasteiger partial charge in [0.1, 0.15) is 6.04 Å². The molecule has 5 nitrogen and oxygen atoms in total. The summed E-state index contributed by atoms with van der Waals surface area (Å²) in [5.41, 5.74) is 7.50. The molecule has 1 saturated heterocycles. The van der Waals surface area contributed by atoms with Crippen molar-refractivity contribution < 1.29 is 9.59 Å². The van der Waals surface area contributed by atoms with E-state index in [2.05, 4.69) is 30.4 Å². The van der Waals surface area contributed by atoms with Crippen LogP contribution in [0, 0.1) is 6.92 Å². The normalized spacial score (nSPS) is 20.1. The van der Waals surface area contributed by atoms with Gasteiger partial charge in [0.2, 0.25) is 5.91 Å². The number of urea groups is 1. The molecule has 3 N–H and O–H groups in total. The topological polar surface area (TPSA) is 75.4 Å². The number of benzene rings is 1. The number of rotatable bonds is 3. The fraction of sp³-hybridized carbons (Fsp3) is 0.529. The number of carbonyl (C=O) groups excluding carboxylic acids is 2. The van der Waals surface area contributed by atoms with Gasteiger partial charge >= 0.3 is 6.03 Å². The van der Waals surface area contributed by atoms with Crippen LogP contribution in [0.5, 0.6) is 0 Å². The molecule has 1 fully saturated rings. The summed E-state index contributed by atoms with van der Waals surface area (Å²) < 4.78 is 0. The van der Waals surface area contributed by atoms with E-state index in [9.17, 15) is 9.59 Å². The Labute approximate surface area is 131 Å². The van der Waals surface area contributed by atoms with Crippen molar-refractivity contribution in [1.82, 2.24) is 10.2 Å². The van der Waals surface area contributed by atoms with E-state index in [-0.39, 0.29) is 11.9 Å². The van der Waals surface area contributed by atoms with Gasteiger partial charge in [-0.3, -0.25) is 4.79 Å². The highest BCUT2D eigenvalue weighted by molar-refractivity contribution is 5.86. The quantitative estimate of drug-likeness (QED) is 0.900. The van der Waals surface area contributed by atoms with Gasteiger partial charge in [-0.25, -0.2) is 4.79 Å². The van der Waals surface area contributed by atoms with Crippen molar-refractivity contribution in [1.29, 1.82) is 0 Å². The Balaban J connectivity index is 2.24. The van der Waals surface area contributed by atoms with Gasteiger partial charge in [0.25, 0.3) is 0 Å². The van der Waals surface area contributed by atoms with Crippen molar-refractivity contribution in [3.8, 4) is 0 Å². The minimum atomic E-state index is -0.664. The Kier molecular flexibility index (Phi) is 5.41. The maximum atomic E-state index is 12.7. The largest absolute Gasteiger partial charge is 0.352 e. The fourth-order valence-corrected chi connectivity index (χ4v) is 3.12. The van der Waals surface area contributed by atoms with Crippen LogP contribution in [0.1, 0.15) is 49.8 Å². The van der Waals surface area contributed by atoms with E-state index in [0.717, 1.165) is 32.2 Å². The molecular formula is C17H25N3O2. The number of nitrogens with one attached hydrogen (secondary N) is 1. The maximum absolute atomic E-state index is 12.7. The Morgan fingerprint density at radius 3 is 2.77 bits per heavy atom. The van der Waals surface area contributed by atoms with Gasteiger partial charge in [-0.1, -0.05) is 42.7 Å². The number of hydrogen-bond acceptors (Lipinski definition) is 2. The Bertz CT molecular complexity index is 544. The third-order valence-electron chi connectivity index (χ3n) is 4.19. The molecule has 0 saturated carbocycles.